The quantitative estimate of drug-likeness (QED) is 0.401. The smallest absolute Gasteiger partial charge is 0.137 e. The Morgan fingerprint density at radius 1 is 0.966 bits per heavy atom. The first-order valence-electron chi connectivity index (χ1n) is 8.91. The van der Waals surface area contributed by atoms with Crippen molar-refractivity contribution in [3.8, 4) is 33.1 Å². The molecular formula is C22H14F2N4S. The molecule has 4 aromatic heterocycles. The highest BCUT2D eigenvalue weighted by molar-refractivity contribution is 7.15. The maximum absolute atomic E-state index is 14.1. The van der Waals surface area contributed by atoms with E-state index in [2.05, 4.69) is 15.0 Å². The number of aromatic nitrogens is 4. The third kappa shape index (κ3) is 3.09. The Kier molecular flexibility index (Phi) is 4.17. The monoisotopic (exact) mass is 404 g/mol. The van der Waals surface area contributed by atoms with Crippen LogP contribution in [0.4, 0.5) is 8.78 Å². The predicted molar refractivity (Wildman–Crippen MR) is 111 cm³/mol. The van der Waals surface area contributed by atoms with Crippen LogP contribution in [0.15, 0.2) is 61.1 Å². The van der Waals surface area contributed by atoms with Gasteiger partial charge in [-0.3, -0.25) is 4.98 Å². The first kappa shape index (κ1) is 17.6. The lowest BCUT2D eigenvalue weighted by Gasteiger charge is -2.01. The summed E-state index contributed by atoms with van der Waals surface area (Å²) in [6.07, 6.45) is 5.23. The minimum atomic E-state index is -0.617. The zero-order chi connectivity index (χ0) is 20.0. The fraction of sp³-hybridized carbons (Fsp3) is 0.0455. The van der Waals surface area contributed by atoms with Crippen LogP contribution in [0.1, 0.15) is 4.88 Å². The van der Waals surface area contributed by atoms with Gasteiger partial charge in [0.2, 0.25) is 0 Å². The number of benzene rings is 1. The number of thiazole rings is 1. The number of hydrogen-bond donors (Lipinski definition) is 1. The van der Waals surface area contributed by atoms with Gasteiger partial charge in [0, 0.05) is 40.0 Å². The summed E-state index contributed by atoms with van der Waals surface area (Å²) >= 11 is 1.59. The molecule has 4 heterocycles. The lowest BCUT2D eigenvalue weighted by Crippen LogP contribution is -1.89. The fourth-order valence-corrected chi connectivity index (χ4v) is 4.24. The van der Waals surface area contributed by atoms with Crippen LogP contribution in [0.3, 0.4) is 0 Å². The van der Waals surface area contributed by atoms with E-state index in [1.54, 1.807) is 36.0 Å². The summed E-state index contributed by atoms with van der Waals surface area (Å²) in [7, 11) is 0. The van der Waals surface area contributed by atoms with E-state index in [-0.39, 0.29) is 5.56 Å². The zero-order valence-corrected chi connectivity index (χ0v) is 16.1. The van der Waals surface area contributed by atoms with Gasteiger partial charge in [-0.25, -0.2) is 18.7 Å². The molecule has 0 atom stereocenters. The van der Waals surface area contributed by atoms with Gasteiger partial charge in [-0.2, -0.15) is 0 Å². The molecule has 0 aliphatic heterocycles. The number of hydrogen-bond acceptors (Lipinski definition) is 4. The van der Waals surface area contributed by atoms with Crippen molar-refractivity contribution in [3.63, 3.8) is 0 Å². The van der Waals surface area contributed by atoms with Crippen molar-refractivity contribution >= 4 is 22.4 Å². The topological polar surface area (TPSA) is 54.5 Å². The molecule has 0 spiro atoms. The Hall–Kier alpha value is -3.45. The normalized spacial score (nSPS) is 11.3. The van der Waals surface area contributed by atoms with Crippen molar-refractivity contribution in [2.24, 2.45) is 0 Å². The van der Waals surface area contributed by atoms with E-state index < -0.39 is 11.6 Å². The van der Waals surface area contributed by atoms with Gasteiger partial charge in [0.25, 0.3) is 0 Å². The van der Waals surface area contributed by atoms with Crippen LogP contribution in [-0.2, 0) is 0 Å². The second-order valence-electron chi connectivity index (χ2n) is 6.61. The van der Waals surface area contributed by atoms with Crippen LogP contribution in [0.5, 0.6) is 0 Å². The molecule has 1 aromatic carbocycles. The number of pyridine rings is 2. The van der Waals surface area contributed by atoms with Gasteiger partial charge in [0.15, 0.2) is 0 Å². The number of halogens is 2. The molecule has 0 unspecified atom stereocenters. The number of nitrogens with one attached hydrogen (secondary N) is 1. The number of H-pyrrole nitrogens is 1. The van der Waals surface area contributed by atoms with Gasteiger partial charge in [-0.05, 0) is 43.3 Å². The molecule has 5 aromatic rings. The summed E-state index contributed by atoms with van der Waals surface area (Å²) in [6, 6.07) is 11.3. The molecule has 0 bridgehead atoms. The Bertz CT molecular complexity index is 1320. The second-order valence-corrected chi connectivity index (χ2v) is 7.81. The maximum Gasteiger partial charge on any atom is 0.137 e. The van der Waals surface area contributed by atoms with E-state index in [9.17, 15) is 8.78 Å². The number of aromatic amines is 1. The van der Waals surface area contributed by atoms with Crippen molar-refractivity contribution < 1.29 is 8.78 Å². The fourth-order valence-electron chi connectivity index (χ4n) is 3.31. The first-order valence-corrected chi connectivity index (χ1v) is 9.73. The summed E-state index contributed by atoms with van der Waals surface area (Å²) in [5.74, 6) is -1.23. The van der Waals surface area contributed by atoms with Gasteiger partial charge >= 0.3 is 0 Å². The Morgan fingerprint density at radius 2 is 1.79 bits per heavy atom. The van der Waals surface area contributed by atoms with E-state index in [1.165, 1.54) is 18.2 Å². The lowest BCUT2D eigenvalue weighted by molar-refractivity contribution is 0.589. The van der Waals surface area contributed by atoms with E-state index in [4.69, 9.17) is 4.98 Å². The third-order valence-corrected chi connectivity index (χ3v) is 5.70. The lowest BCUT2D eigenvalue weighted by atomic mass is 10.1. The summed E-state index contributed by atoms with van der Waals surface area (Å²) in [5.41, 5.74) is 3.47. The number of fused-ring (bicyclic) bond motifs is 1. The summed E-state index contributed by atoms with van der Waals surface area (Å²) in [6.45, 7) is 2.01. The highest BCUT2D eigenvalue weighted by Gasteiger charge is 2.16. The van der Waals surface area contributed by atoms with Crippen molar-refractivity contribution in [2.75, 3.05) is 0 Å². The van der Waals surface area contributed by atoms with Crippen LogP contribution < -0.4 is 0 Å². The highest BCUT2D eigenvalue weighted by atomic mass is 32.1. The van der Waals surface area contributed by atoms with Gasteiger partial charge < -0.3 is 4.98 Å². The van der Waals surface area contributed by atoms with Crippen LogP contribution in [-0.4, -0.2) is 19.9 Å². The molecule has 0 fully saturated rings. The zero-order valence-electron chi connectivity index (χ0n) is 15.3. The SMILES string of the molecule is Cc1sc(-c2cccnc2)nc1-c1cnc2[nH]c(-c3c(F)cccc3F)cc2c1. The van der Waals surface area contributed by atoms with Crippen LogP contribution in [0.2, 0.25) is 0 Å². The highest BCUT2D eigenvalue weighted by Crippen LogP contribution is 2.34. The minimum Gasteiger partial charge on any atom is -0.339 e. The second kappa shape index (κ2) is 6.86. The Balaban J connectivity index is 1.59. The first-order chi connectivity index (χ1) is 14.1. The average molecular weight is 404 g/mol. The van der Waals surface area contributed by atoms with Gasteiger partial charge in [0.05, 0.1) is 17.0 Å². The molecule has 142 valence electrons. The molecule has 5 rings (SSSR count). The standard InChI is InChI=1S/C22H14F2N4S/c1-12-20(28-22(29-12)13-4-3-7-25-10-13)15-8-14-9-18(27-21(14)26-11-15)19-16(23)5-2-6-17(19)24/h2-11H,1H3,(H,26,27). The molecule has 0 saturated carbocycles. The molecule has 0 saturated heterocycles. The van der Waals surface area contributed by atoms with Crippen molar-refractivity contribution in [1.82, 2.24) is 19.9 Å². The summed E-state index contributed by atoms with van der Waals surface area (Å²) in [4.78, 5) is 17.4. The van der Waals surface area contributed by atoms with Crippen LogP contribution in [0.25, 0.3) is 44.1 Å². The molecule has 0 aliphatic rings. The number of nitrogens with zero attached hydrogens (tertiary/aromatic N) is 3. The summed E-state index contributed by atoms with van der Waals surface area (Å²) in [5, 5.41) is 1.64. The Labute approximate surface area is 168 Å². The van der Waals surface area contributed by atoms with Gasteiger partial charge in [0.1, 0.15) is 22.3 Å². The van der Waals surface area contributed by atoms with E-state index >= 15 is 0 Å². The molecule has 7 heteroatoms. The van der Waals surface area contributed by atoms with Gasteiger partial charge in [-0.1, -0.05) is 6.07 Å². The molecule has 1 N–H and O–H groups in total. The molecule has 29 heavy (non-hydrogen) atoms. The molecule has 4 nitrogen and oxygen atoms in total. The minimum absolute atomic E-state index is 0.0873. The number of rotatable bonds is 3. The average Bonchev–Trinajstić information content (AvgIpc) is 3.31. The van der Waals surface area contributed by atoms with Crippen molar-refractivity contribution in [1.29, 1.82) is 0 Å². The van der Waals surface area contributed by atoms with Crippen molar-refractivity contribution in [3.05, 3.63) is 77.6 Å². The van der Waals surface area contributed by atoms with Crippen molar-refractivity contribution in [2.45, 2.75) is 6.92 Å². The van der Waals surface area contributed by atoms with E-state index in [0.29, 0.717) is 11.3 Å². The number of aryl methyl sites for hydroxylation is 1. The molecule has 0 radical (unpaired) electrons. The molecule has 0 aliphatic carbocycles. The molecular weight excluding hydrogens is 390 g/mol. The van der Waals surface area contributed by atoms with E-state index in [1.807, 2.05) is 25.1 Å². The van der Waals surface area contributed by atoms with Gasteiger partial charge in [-0.15, -0.1) is 11.3 Å². The largest absolute Gasteiger partial charge is 0.339 e. The van der Waals surface area contributed by atoms with Crippen LogP contribution >= 0.6 is 11.3 Å². The third-order valence-electron chi connectivity index (χ3n) is 4.68. The Morgan fingerprint density at radius 3 is 2.55 bits per heavy atom. The van der Waals surface area contributed by atoms with Crippen LogP contribution in [0, 0.1) is 18.6 Å². The maximum atomic E-state index is 14.1. The molecule has 0 amide bonds. The summed E-state index contributed by atoms with van der Waals surface area (Å²) < 4.78 is 28.3. The predicted octanol–water partition coefficient (Wildman–Crippen LogP) is 6.00. The van der Waals surface area contributed by atoms with E-state index in [0.717, 1.165) is 32.1 Å².